The Bertz CT molecular complexity index is 592. The van der Waals surface area contributed by atoms with Crippen LogP contribution in [-0.4, -0.2) is 20.6 Å². The van der Waals surface area contributed by atoms with E-state index in [4.69, 9.17) is 0 Å². The molecule has 0 saturated heterocycles. The van der Waals surface area contributed by atoms with Gasteiger partial charge in [0.1, 0.15) is 0 Å². The van der Waals surface area contributed by atoms with Crippen molar-refractivity contribution in [1.29, 1.82) is 0 Å². The Hall–Kier alpha value is -1.36. The number of hydrogen-bond acceptors (Lipinski definition) is 3. The maximum absolute atomic E-state index is 11.8. The highest BCUT2D eigenvalue weighted by molar-refractivity contribution is 7.90. The van der Waals surface area contributed by atoms with Crippen molar-refractivity contribution in [2.45, 2.75) is 25.2 Å². The van der Waals surface area contributed by atoms with E-state index >= 15 is 0 Å². The number of amides is 1. The van der Waals surface area contributed by atoms with Crippen molar-refractivity contribution < 1.29 is 13.2 Å². The smallest absolute Gasteiger partial charge is 0.227 e. The SMILES string of the molecule is Cc1ccc(S(C)(=O)=O)cc1NC(=O)[C@@H]1C[C@H]1C. The van der Waals surface area contributed by atoms with Crippen LogP contribution in [0.15, 0.2) is 23.1 Å². The lowest BCUT2D eigenvalue weighted by atomic mass is 10.2. The number of sulfone groups is 1. The molecule has 5 heteroatoms. The van der Waals surface area contributed by atoms with E-state index in [2.05, 4.69) is 5.32 Å². The Kier molecular flexibility index (Phi) is 3.19. The Morgan fingerprint density at radius 1 is 1.39 bits per heavy atom. The van der Waals surface area contributed by atoms with Crippen molar-refractivity contribution in [1.82, 2.24) is 0 Å². The van der Waals surface area contributed by atoms with Gasteiger partial charge in [-0.3, -0.25) is 4.79 Å². The zero-order chi connectivity index (χ0) is 13.5. The van der Waals surface area contributed by atoms with E-state index in [1.807, 2.05) is 13.8 Å². The average Bonchev–Trinajstić information content (AvgIpc) is 2.97. The fraction of sp³-hybridized carbons (Fsp3) is 0.462. The van der Waals surface area contributed by atoms with Crippen LogP contribution < -0.4 is 5.32 Å². The molecule has 0 unspecified atom stereocenters. The Morgan fingerprint density at radius 2 is 2.00 bits per heavy atom. The fourth-order valence-electron chi connectivity index (χ4n) is 1.88. The first-order valence-corrected chi connectivity index (χ1v) is 7.80. The number of carbonyl (C=O) groups is 1. The van der Waals surface area contributed by atoms with Crippen molar-refractivity contribution in [3.8, 4) is 0 Å². The summed E-state index contributed by atoms with van der Waals surface area (Å²) in [5, 5.41) is 2.81. The first kappa shape index (κ1) is 13.1. The number of aryl methyl sites for hydroxylation is 1. The molecule has 1 aliphatic rings. The summed E-state index contributed by atoms with van der Waals surface area (Å²) < 4.78 is 22.9. The highest BCUT2D eigenvalue weighted by Crippen LogP contribution is 2.38. The fourth-order valence-corrected chi connectivity index (χ4v) is 2.53. The standard InChI is InChI=1S/C13H17NO3S/c1-8-4-5-10(18(3,16)17)7-12(8)14-13(15)11-6-9(11)2/h4-5,7,9,11H,6H2,1-3H3,(H,14,15)/t9-,11-/m1/s1. The van der Waals surface area contributed by atoms with Crippen molar-refractivity contribution >= 4 is 21.4 Å². The van der Waals surface area contributed by atoms with E-state index < -0.39 is 9.84 Å². The molecule has 0 aromatic heterocycles. The Labute approximate surface area is 107 Å². The van der Waals surface area contributed by atoms with Gasteiger partial charge in [-0.2, -0.15) is 0 Å². The Balaban J connectivity index is 2.24. The van der Waals surface area contributed by atoms with Crippen LogP contribution >= 0.6 is 0 Å². The van der Waals surface area contributed by atoms with E-state index in [1.54, 1.807) is 12.1 Å². The molecule has 1 aromatic carbocycles. The maximum atomic E-state index is 11.8. The summed E-state index contributed by atoms with van der Waals surface area (Å²) in [4.78, 5) is 12.1. The summed E-state index contributed by atoms with van der Waals surface area (Å²) in [6.07, 6.45) is 2.07. The first-order chi connectivity index (χ1) is 8.29. The number of rotatable bonds is 3. The van der Waals surface area contributed by atoms with Gasteiger partial charge in [0, 0.05) is 17.9 Å². The molecule has 2 atom stereocenters. The second-order valence-electron chi connectivity index (χ2n) is 5.06. The van der Waals surface area contributed by atoms with Crippen LogP contribution in [-0.2, 0) is 14.6 Å². The molecule has 1 aliphatic carbocycles. The van der Waals surface area contributed by atoms with Crippen LogP contribution in [0.5, 0.6) is 0 Å². The van der Waals surface area contributed by atoms with Crippen LogP contribution in [0, 0.1) is 18.8 Å². The summed E-state index contributed by atoms with van der Waals surface area (Å²) in [6.45, 7) is 3.88. The first-order valence-electron chi connectivity index (χ1n) is 5.90. The summed E-state index contributed by atoms with van der Waals surface area (Å²) in [5.41, 5.74) is 1.45. The second-order valence-corrected chi connectivity index (χ2v) is 7.07. The van der Waals surface area contributed by atoms with Gasteiger partial charge in [0.05, 0.1) is 4.90 Å². The number of benzene rings is 1. The van der Waals surface area contributed by atoms with E-state index in [0.717, 1.165) is 18.2 Å². The summed E-state index contributed by atoms with van der Waals surface area (Å²) >= 11 is 0. The van der Waals surface area contributed by atoms with Gasteiger partial charge >= 0.3 is 0 Å². The molecule has 1 fully saturated rings. The van der Waals surface area contributed by atoms with Gasteiger partial charge < -0.3 is 5.32 Å². The molecule has 1 amide bonds. The van der Waals surface area contributed by atoms with Gasteiger partial charge in [0.2, 0.25) is 5.91 Å². The van der Waals surface area contributed by atoms with Crippen LogP contribution in [0.2, 0.25) is 0 Å². The normalized spacial score (nSPS) is 22.6. The molecule has 0 spiro atoms. The Morgan fingerprint density at radius 3 is 2.50 bits per heavy atom. The van der Waals surface area contributed by atoms with Gasteiger partial charge in [-0.25, -0.2) is 8.42 Å². The van der Waals surface area contributed by atoms with Gasteiger partial charge in [0.25, 0.3) is 0 Å². The van der Waals surface area contributed by atoms with Gasteiger partial charge in [-0.05, 0) is 37.0 Å². The van der Waals surface area contributed by atoms with Crippen molar-refractivity contribution in [2.24, 2.45) is 11.8 Å². The third-order valence-corrected chi connectivity index (χ3v) is 4.45. The topological polar surface area (TPSA) is 63.2 Å². The number of nitrogens with one attached hydrogen (secondary N) is 1. The van der Waals surface area contributed by atoms with E-state index in [0.29, 0.717) is 11.6 Å². The third kappa shape index (κ3) is 2.72. The average molecular weight is 267 g/mol. The minimum atomic E-state index is -3.24. The van der Waals surface area contributed by atoms with E-state index in [-0.39, 0.29) is 16.7 Å². The number of carbonyl (C=O) groups excluding carboxylic acids is 1. The van der Waals surface area contributed by atoms with Gasteiger partial charge in [-0.15, -0.1) is 0 Å². The van der Waals surface area contributed by atoms with E-state index in [1.165, 1.54) is 6.07 Å². The molecule has 1 saturated carbocycles. The highest BCUT2D eigenvalue weighted by atomic mass is 32.2. The van der Waals surface area contributed by atoms with Gasteiger partial charge in [-0.1, -0.05) is 13.0 Å². The van der Waals surface area contributed by atoms with E-state index in [9.17, 15) is 13.2 Å². The molecular formula is C13H17NO3S. The predicted octanol–water partition coefficient (Wildman–Crippen LogP) is 1.99. The quantitative estimate of drug-likeness (QED) is 0.911. The number of hydrogen-bond donors (Lipinski definition) is 1. The molecule has 1 aromatic rings. The second kappa shape index (κ2) is 4.39. The molecule has 0 bridgehead atoms. The lowest BCUT2D eigenvalue weighted by Crippen LogP contribution is -2.15. The molecule has 98 valence electrons. The number of anilines is 1. The highest BCUT2D eigenvalue weighted by Gasteiger charge is 2.39. The van der Waals surface area contributed by atoms with Crippen LogP contribution in [0.3, 0.4) is 0 Å². The predicted molar refractivity (Wildman–Crippen MR) is 70.2 cm³/mol. The summed E-state index contributed by atoms with van der Waals surface area (Å²) in [5.74, 6) is 0.492. The van der Waals surface area contributed by atoms with Crippen molar-refractivity contribution in [2.75, 3.05) is 11.6 Å². The van der Waals surface area contributed by atoms with Crippen molar-refractivity contribution in [3.05, 3.63) is 23.8 Å². The molecule has 0 radical (unpaired) electrons. The van der Waals surface area contributed by atoms with Crippen molar-refractivity contribution in [3.63, 3.8) is 0 Å². The molecule has 1 N–H and O–H groups in total. The summed E-state index contributed by atoms with van der Waals surface area (Å²) in [7, 11) is -3.24. The lowest BCUT2D eigenvalue weighted by molar-refractivity contribution is -0.117. The largest absolute Gasteiger partial charge is 0.326 e. The van der Waals surface area contributed by atoms with Gasteiger partial charge in [0.15, 0.2) is 9.84 Å². The van der Waals surface area contributed by atoms with Crippen LogP contribution in [0.25, 0.3) is 0 Å². The lowest BCUT2D eigenvalue weighted by Gasteiger charge is -2.09. The zero-order valence-corrected chi connectivity index (χ0v) is 11.5. The third-order valence-electron chi connectivity index (χ3n) is 3.34. The van der Waals surface area contributed by atoms with Crippen LogP contribution in [0.1, 0.15) is 18.9 Å². The monoisotopic (exact) mass is 267 g/mol. The zero-order valence-electron chi connectivity index (χ0n) is 10.7. The summed E-state index contributed by atoms with van der Waals surface area (Å²) in [6, 6.07) is 4.79. The van der Waals surface area contributed by atoms with Crippen LogP contribution in [0.4, 0.5) is 5.69 Å². The molecule has 0 aliphatic heterocycles. The molecule has 0 heterocycles. The maximum Gasteiger partial charge on any atom is 0.227 e. The molecule has 4 nitrogen and oxygen atoms in total. The molecule has 18 heavy (non-hydrogen) atoms. The molecule has 2 rings (SSSR count). The molecular weight excluding hydrogens is 250 g/mol. The minimum Gasteiger partial charge on any atom is -0.326 e. The minimum absolute atomic E-state index is 0.0174.